The molecule has 1 saturated carbocycles. The molecule has 0 bridgehead atoms. The van der Waals surface area contributed by atoms with Crippen LogP contribution in [0.1, 0.15) is 30.1 Å². The monoisotopic (exact) mass is 298 g/mol. The zero-order chi connectivity index (χ0) is 15.5. The maximum atomic E-state index is 11.6. The number of hydrogen-bond donors (Lipinski definition) is 0. The van der Waals surface area contributed by atoms with Crippen LogP contribution in [0.4, 0.5) is 0 Å². The Morgan fingerprint density at radius 1 is 1.27 bits per heavy atom. The highest BCUT2D eigenvalue weighted by Gasteiger charge is 2.22. The maximum Gasteiger partial charge on any atom is 0.316 e. The van der Waals surface area contributed by atoms with Crippen molar-refractivity contribution in [2.24, 2.45) is 5.92 Å². The third-order valence-corrected chi connectivity index (χ3v) is 3.68. The third-order valence-electron chi connectivity index (χ3n) is 3.68. The Bertz CT molecular complexity index is 679. The lowest BCUT2D eigenvalue weighted by Gasteiger charge is -2.12. The highest BCUT2D eigenvalue weighted by Crippen LogP contribution is 2.34. The van der Waals surface area contributed by atoms with Gasteiger partial charge in [-0.05, 0) is 43.9 Å². The predicted octanol–water partition coefficient (Wildman–Crippen LogP) is 3.14. The van der Waals surface area contributed by atoms with E-state index in [1.165, 1.54) is 20.0 Å². The summed E-state index contributed by atoms with van der Waals surface area (Å²) in [4.78, 5) is 19.9. The Morgan fingerprint density at radius 3 is 2.59 bits per heavy atom. The minimum atomic E-state index is 0.0180. The van der Waals surface area contributed by atoms with Gasteiger partial charge < -0.3 is 9.47 Å². The number of carbonyl (C=O) groups excluding carboxylic acids is 1. The molecule has 114 valence electrons. The molecule has 5 heteroatoms. The van der Waals surface area contributed by atoms with Crippen molar-refractivity contribution in [1.82, 2.24) is 9.97 Å². The van der Waals surface area contributed by atoms with Gasteiger partial charge in [0.15, 0.2) is 5.78 Å². The minimum Gasteiger partial charge on any atom is -0.493 e. The summed E-state index contributed by atoms with van der Waals surface area (Å²) in [7, 11) is 1.52. The van der Waals surface area contributed by atoms with Gasteiger partial charge in [0.25, 0.3) is 0 Å². The largest absolute Gasteiger partial charge is 0.493 e. The molecule has 1 aromatic carbocycles. The van der Waals surface area contributed by atoms with Gasteiger partial charge in [0.2, 0.25) is 0 Å². The van der Waals surface area contributed by atoms with Crippen LogP contribution in [0, 0.1) is 5.92 Å². The first-order valence-corrected chi connectivity index (χ1v) is 7.31. The van der Waals surface area contributed by atoms with Crippen LogP contribution in [0.25, 0.3) is 11.1 Å². The van der Waals surface area contributed by atoms with Crippen LogP contribution in [0.5, 0.6) is 11.8 Å². The number of rotatable bonds is 6. The SMILES string of the molecule is COc1ncc(-c2cc(C(C)=O)ccc2OCC2CC2)cn1. The Morgan fingerprint density at radius 2 is 2.00 bits per heavy atom. The van der Waals surface area contributed by atoms with Gasteiger partial charge in [-0.25, -0.2) is 9.97 Å². The number of aromatic nitrogens is 2. The van der Waals surface area contributed by atoms with Gasteiger partial charge in [0, 0.05) is 29.1 Å². The molecule has 1 heterocycles. The van der Waals surface area contributed by atoms with Crippen molar-refractivity contribution in [3.63, 3.8) is 0 Å². The second kappa shape index (κ2) is 6.13. The van der Waals surface area contributed by atoms with Gasteiger partial charge in [0.1, 0.15) is 5.75 Å². The summed E-state index contributed by atoms with van der Waals surface area (Å²) < 4.78 is 10.9. The van der Waals surface area contributed by atoms with Gasteiger partial charge in [-0.15, -0.1) is 0 Å². The summed E-state index contributed by atoms with van der Waals surface area (Å²) in [5.74, 6) is 1.43. The third kappa shape index (κ3) is 3.24. The molecule has 5 nitrogen and oxygen atoms in total. The van der Waals surface area contributed by atoms with Gasteiger partial charge in [-0.2, -0.15) is 0 Å². The highest BCUT2D eigenvalue weighted by atomic mass is 16.5. The number of carbonyl (C=O) groups is 1. The van der Waals surface area contributed by atoms with E-state index in [0.29, 0.717) is 24.1 Å². The molecule has 1 aliphatic carbocycles. The van der Waals surface area contributed by atoms with E-state index in [1.807, 2.05) is 12.1 Å². The van der Waals surface area contributed by atoms with Crippen LogP contribution in [-0.2, 0) is 0 Å². The van der Waals surface area contributed by atoms with E-state index in [0.717, 1.165) is 16.9 Å². The first-order chi connectivity index (χ1) is 10.7. The van der Waals surface area contributed by atoms with Crippen molar-refractivity contribution in [3.05, 3.63) is 36.2 Å². The standard InChI is InChI=1S/C17H18N2O3/c1-11(20)13-5-6-16(22-10-12-3-4-12)15(7-13)14-8-18-17(21-2)19-9-14/h5-9,12H,3-4,10H2,1-2H3. The molecule has 3 rings (SSSR count). The fraction of sp³-hybridized carbons (Fsp3) is 0.353. The highest BCUT2D eigenvalue weighted by molar-refractivity contribution is 5.95. The summed E-state index contributed by atoms with van der Waals surface area (Å²) in [5.41, 5.74) is 2.27. The van der Waals surface area contributed by atoms with E-state index in [-0.39, 0.29) is 5.78 Å². The zero-order valence-electron chi connectivity index (χ0n) is 12.7. The second-order valence-corrected chi connectivity index (χ2v) is 5.48. The Balaban J connectivity index is 1.95. The minimum absolute atomic E-state index is 0.0180. The molecule has 0 spiro atoms. The Kier molecular flexibility index (Phi) is 4.04. The number of nitrogens with zero attached hydrogens (tertiary/aromatic N) is 2. The summed E-state index contributed by atoms with van der Waals surface area (Å²) in [6, 6.07) is 5.78. The van der Waals surface area contributed by atoms with E-state index in [4.69, 9.17) is 9.47 Å². The van der Waals surface area contributed by atoms with Crippen molar-refractivity contribution in [2.75, 3.05) is 13.7 Å². The van der Waals surface area contributed by atoms with Crippen LogP contribution in [0.2, 0.25) is 0 Å². The van der Waals surface area contributed by atoms with Crippen LogP contribution in [0.15, 0.2) is 30.6 Å². The lowest BCUT2D eigenvalue weighted by Crippen LogP contribution is -2.02. The number of ketones is 1. The van der Waals surface area contributed by atoms with E-state index < -0.39 is 0 Å². The van der Waals surface area contributed by atoms with Crippen LogP contribution in [-0.4, -0.2) is 29.5 Å². The first-order valence-electron chi connectivity index (χ1n) is 7.31. The van der Waals surface area contributed by atoms with E-state index >= 15 is 0 Å². The number of hydrogen-bond acceptors (Lipinski definition) is 5. The summed E-state index contributed by atoms with van der Waals surface area (Å²) in [6.45, 7) is 2.26. The Labute approximate surface area is 129 Å². The zero-order valence-corrected chi connectivity index (χ0v) is 12.7. The van der Waals surface area contributed by atoms with E-state index in [2.05, 4.69) is 9.97 Å². The molecule has 0 atom stereocenters. The van der Waals surface area contributed by atoms with Crippen LogP contribution >= 0.6 is 0 Å². The van der Waals surface area contributed by atoms with E-state index in [9.17, 15) is 4.79 Å². The molecule has 0 N–H and O–H groups in total. The molecule has 1 fully saturated rings. The quantitative estimate of drug-likeness (QED) is 0.767. The molecule has 0 saturated heterocycles. The predicted molar refractivity (Wildman–Crippen MR) is 82.2 cm³/mol. The molecule has 1 aromatic heterocycles. The maximum absolute atomic E-state index is 11.6. The molecule has 0 amide bonds. The molecule has 0 unspecified atom stereocenters. The van der Waals surface area contributed by atoms with Crippen molar-refractivity contribution in [3.8, 4) is 22.9 Å². The topological polar surface area (TPSA) is 61.3 Å². The lowest BCUT2D eigenvalue weighted by atomic mass is 10.0. The molecular formula is C17H18N2O3. The van der Waals surface area contributed by atoms with Gasteiger partial charge >= 0.3 is 6.01 Å². The van der Waals surface area contributed by atoms with Crippen molar-refractivity contribution in [1.29, 1.82) is 0 Å². The summed E-state index contributed by atoms with van der Waals surface area (Å²) in [5, 5.41) is 0. The molecule has 1 aliphatic rings. The van der Waals surface area contributed by atoms with Gasteiger partial charge in [-0.1, -0.05) is 0 Å². The van der Waals surface area contributed by atoms with Gasteiger partial charge in [0.05, 0.1) is 13.7 Å². The lowest BCUT2D eigenvalue weighted by molar-refractivity contribution is 0.101. The summed E-state index contributed by atoms with van der Waals surface area (Å²) in [6.07, 6.45) is 5.81. The normalized spacial score (nSPS) is 13.7. The molecule has 0 aliphatic heterocycles. The fourth-order valence-corrected chi connectivity index (χ4v) is 2.15. The van der Waals surface area contributed by atoms with Crippen LogP contribution in [0.3, 0.4) is 0 Å². The van der Waals surface area contributed by atoms with E-state index in [1.54, 1.807) is 25.4 Å². The first kappa shape index (κ1) is 14.5. The van der Waals surface area contributed by atoms with Crippen molar-refractivity contribution < 1.29 is 14.3 Å². The number of methoxy groups -OCH3 is 1. The molecule has 22 heavy (non-hydrogen) atoms. The number of ether oxygens (including phenoxy) is 2. The summed E-state index contributed by atoms with van der Waals surface area (Å²) >= 11 is 0. The van der Waals surface area contributed by atoms with Crippen molar-refractivity contribution >= 4 is 5.78 Å². The molecule has 0 radical (unpaired) electrons. The molecule has 2 aromatic rings. The second-order valence-electron chi connectivity index (χ2n) is 5.48. The average Bonchev–Trinajstić information content (AvgIpc) is 3.37. The smallest absolute Gasteiger partial charge is 0.316 e. The number of Topliss-reactive ketones (excluding diaryl/α,β-unsaturated/α-hetero) is 1. The van der Waals surface area contributed by atoms with Crippen LogP contribution < -0.4 is 9.47 Å². The molecular weight excluding hydrogens is 280 g/mol. The average molecular weight is 298 g/mol. The number of benzene rings is 1. The van der Waals surface area contributed by atoms with Gasteiger partial charge in [-0.3, -0.25) is 4.79 Å². The fourth-order valence-electron chi connectivity index (χ4n) is 2.15. The van der Waals surface area contributed by atoms with Crippen molar-refractivity contribution in [2.45, 2.75) is 19.8 Å². The Hall–Kier alpha value is -2.43.